The number of nitrogens with two attached hydrogens (primary N) is 2. The molecule has 0 heterocycles. The summed E-state index contributed by atoms with van der Waals surface area (Å²) in [6.45, 7) is 0. The van der Waals surface area contributed by atoms with Crippen LogP contribution < -0.4 is 16.9 Å². The average molecular weight is 517 g/mol. The van der Waals surface area contributed by atoms with Crippen molar-refractivity contribution in [3.05, 3.63) is 46.4 Å². The summed E-state index contributed by atoms with van der Waals surface area (Å²) in [5.41, 5.74) is 10.9. The van der Waals surface area contributed by atoms with Gasteiger partial charge in [-0.25, -0.2) is 19.2 Å². The highest BCUT2D eigenvalue weighted by molar-refractivity contribution is 7.99. The third-order valence-corrected chi connectivity index (χ3v) is 6.06. The van der Waals surface area contributed by atoms with Gasteiger partial charge in [0.25, 0.3) is 5.71 Å². The molecule has 168 valence electrons. The van der Waals surface area contributed by atoms with Crippen molar-refractivity contribution in [2.75, 3.05) is 11.7 Å². The predicted octanol–water partition coefficient (Wildman–Crippen LogP) is 3.88. The summed E-state index contributed by atoms with van der Waals surface area (Å²) in [6, 6.07) is 10.6. The van der Waals surface area contributed by atoms with Gasteiger partial charge in [-0.1, -0.05) is 35.0 Å². The molecule has 10 nitrogen and oxygen atoms in total. The van der Waals surface area contributed by atoms with E-state index in [1.165, 1.54) is 23.9 Å². The highest BCUT2D eigenvalue weighted by Crippen LogP contribution is 2.40. The van der Waals surface area contributed by atoms with Crippen LogP contribution in [0.4, 0.5) is 15.3 Å². The van der Waals surface area contributed by atoms with Crippen molar-refractivity contribution in [3.8, 4) is 0 Å². The molecular weight excluding hydrogens is 503 g/mol. The summed E-state index contributed by atoms with van der Waals surface area (Å²) >= 11 is 15.6. The van der Waals surface area contributed by atoms with Gasteiger partial charge in [-0.3, -0.25) is 5.43 Å². The number of thioether (sulfide) groups is 1. The lowest BCUT2D eigenvalue weighted by atomic mass is 10.3. The Bertz CT molecular complexity index is 1040. The minimum absolute atomic E-state index is 0.165. The Morgan fingerprint density at radius 3 is 1.81 bits per heavy atom. The van der Waals surface area contributed by atoms with E-state index in [0.717, 1.165) is 9.79 Å². The number of ether oxygens (including phenoxy) is 2. The van der Waals surface area contributed by atoms with Gasteiger partial charge in [0.05, 0.1) is 15.7 Å². The van der Waals surface area contributed by atoms with Crippen molar-refractivity contribution in [1.82, 2.24) is 0 Å². The zero-order valence-electron chi connectivity index (χ0n) is 16.1. The van der Waals surface area contributed by atoms with E-state index in [0.29, 0.717) is 4.90 Å². The molecule has 2 amide bonds. The van der Waals surface area contributed by atoms with E-state index in [1.807, 2.05) is 30.5 Å². The van der Waals surface area contributed by atoms with Crippen LogP contribution in [0, 0.1) is 0 Å². The summed E-state index contributed by atoms with van der Waals surface area (Å²) < 4.78 is 8.14. The number of halogens is 2. The van der Waals surface area contributed by atoms with E-state index in [2.05, 4.69) is 20.0 Å². The maximum Gasteiger partial charge on any atom is 0.412 e. The second-order valence-corrected chi connectivity index (χ2v) is 8.31. The van der Waals surface area contributed by atoms with Crippen molar-refractivity contribution in [3.63, 3.8) is 0 Å². The summed E-state index contributed by atoms with van der Waals surface area (Å²) in [5.74, 6) is -3.15. The van der Waals surface area contributed by atoms with E-state index in [4.69, 9.17) is 34.7 Å². The Kier molecular flexibility index (Phi) is 9.20. The number of benzene rings is 2. The Morgan fingerprint density at radius 2 is 1.38 bits per heavy atom. The number of hydrazone groups is 1. The maximum absolute atomic E-state index is 11.8. The molecule has 0 bridgehead atoms. The standard InChI is InChI=1S/C18H14Cl2N4O6S2/c1-31-9-2-4-10(5-3-9)32-14-11(19)6-8(7-12(14)20)23-24-13(15(25)29-17(21)27)16(26)30-18(22)28/h2-7,23H,1H3,(H2,21,27)(H2,22,28). The summed E-state index contributed by atoms with van der Waals surface area (Å²) in [5, 5.41) is 3.98. The second kappa shape index (κ2) is 11.6. The monoisotopic (exact) mass is 516 g/mol. The fourth-order valence-corrected chi connectivity index (χ4v) is 4.01. The topological polar surface area (TPSA) is 163 Å². The molecule has 2 aromatic rings. The molecule has 5 N–H and O–H groups in total. The predicted molar refractivity (Wildman–Crippen MR) is 121 cm³/mol. The molecule has 0 atom stereocenters. The molecule has 0 radical (unpaired) electrons. The second-order valence-electron chi connectivity index (χ2n) is 5.54. The Labute approximate surface area is 199 Å². The van der Waals surface area contributed by atoms with Gasteiger partial charge in [0.1, 0.15) is 0 Å². The Balaban J connectivity index is 2.26. The third kappa shape index (κ3) is 7.34. The van der Waals surface area contributed by atoms with E-state index in [-0.39, 0.29) is 15.7 Å². The molecule has 2 aromatic carbocycles. The number of rotatable bonds is 7. The molecule has 2 rings (SSSR count). The molecule has 14 heteroatoms. The first-order valence-corrected chi connectivity index (χ1v) is 11.1. The molecule has 0 aliphatic heterocycles. The van der Waals surface area contributed by atoms with Crippen LogP contribution in [0.1, 0.15) is 0 Å². The van der Waals surface area contributed by atoms with Gasteiger partial charge in [-0.05, 0) is 42.7 Å². The summed E-state index contributed by atoms with van der Waals surface area (Å²) in [7, 11) is 0. The zero-order valence-corrected chi connectivity index (χ0v) is 19.2. The van der Waals surface area contributed by atoms with Gasteiger partial charge >= 0.3 is 24.1 Å². The van der Waals surface area contributed by atoms with Crippen LogP contribution in [0.3, 0.4) is 0 Å². The Morgan fingerprint density at radius 1 is 0.906 bits per heavy atom. The van der Waals surface area contributed by atoms with Gasteiger partial charge in [-0.2, -0.15) is 5.10 Å². The molecular formula is C18H14Cl2N4O6S2. The number of primary amides is 2. The van der Waals surface area contributed by atoms with Crippen LogP contribution in [-0.4, -0.2) is 36.1 Å². The first-order chi connectivity index (χ1) is 15.1. The highest BCUT2D eigenvalue weighted by Gasteiger charge is 2.27. The molecule has 0 fully saturated rings. The van der Waals surface area contributed by atoms with Crippen LogP contribution >= 0.6 is 46.7 Å². The van der Waals surface area contributed by atoms with Gasteiger partial charge in [-0.15, -0.1) is 11.8 Å². The quantitative estimate of drug-likeness (QED) is 0.163. The zero-order chi connectivity index (χ0) is 23.8. The van der Waals surface area contributed by atoms with E-state index >= 15 is 0 Å². The van der Waals surface area contributed by atoms with E-state index in [1.54, 1.807) is 11.8 Å². The molecule has 0 spiro atoms. The number of esters is 2. The summed E-state index contributed by atoms with van der Waals surface area (Å²) in [6.07, 6.45) is -1.04. The summed E-state index contributed by atoms with van der Waals surface area (Å²) in [4.78, 5) is 47.8. The normalized spacial score (nSPS) is 10.1. The molecule has 0 aliphatic carbocycles. The lowest BCUT2D eigenvalue weighted by molar-refractivity contribution is -0.134. The number of hydrogen-bond acceptors (Lipinski definition) is 10. The van der Waals surface area contributed by atoms with Crippen LogP contribution in [-0.2, 0) is 19.1 Å². The molecule has 0 unspecified atom stereocenters. The maximum atomic E-state index is 11.8. The van der Waals surface area contributed by atoms with Crippen LogP contribution in [0.2, 0.25) is 10.0 Å². The number of nitrogens with zero attached hydrogens (tertiary/aromatic N) is 1. The number of anilines is 1. The number of hydrogen-bond donors (Lipinski definition) is 3. The van der Waals surface area contributed by atoms with E-state index in [9.17, 15) is 19.2 Å². The SMILES string of the molecule is CSc1ccc(Sc2c(Cl)cc(NN=C(C(=O)OC(N)=O)C(=O)OC(N)=O)cc2Cl)cc1. The molecule has 0 aliphatic rings. The highest BCUT2D eigenvalue weighted by atomic mass is 35.5. The first kappa shape index (κ1) is 25.3. The molecule has 32 heavy (non-hydrogen) atoms. The third-order valence-electron chi connectivity index (χ3n) is 3.35. The van der Waals surface area contributed by atoms with Crippen LogP contribution in [0.15, 0.2) is 56.2 Å². The number of carbonyl (C=O) groups is 4. The molecule has 0 saturated carbocycles. The fraction of sp³-hybridized carbons (Fsp3) is 0.0556. The smallest absolute Gasteiger partial charge is 0.371 e. The Hall–Kier alpha value is -2.93. The first-order valence-electron chi connectivity index (χ1n) is 8.28. The van der Waals surface area contributed by atoms with Gasteiger partial charge in [0.2, 0.25) is 0 Å². The minimum Gasteiger partial charge on any atom is -0.371 e. The van der Waals surface area contributed by atoms with Gasteiger partial charge in [0.15, 0.2) is 0 Å². The van der Waals surface area contributed by atoms with Crippen molar-refractivity contribution in [2.24, 2.45) is 16.6 Å². The fourth-order valence-electron chi connectivity index (χ4n) is 2.06. The number of nitrogens with one attached hydrogen (secondary N) is 1. The van der Waals surface area contributed by atoms with Crippen molar-refractivity contribution < 1.29 is 28.7 Å². The van der Waals surface area contributed by atoms with Gasteiger partial charge < -0.3 is 20.9 Å². The lowest BCUT2D eigenvalue weighted by Crippen LogP contribution is -2.34. The van der Waals surface area contributed by atoms with Crippen LogP contribution in [0.5, 0.6) is 0 Å². The largest absolute Gasteiger partial charge is 0.412 e. The minimum atomic E-state index is -1.57. The number of amides is 2. The van der Waals surface area contributed by atoms with Crippen molar-refractivity contribution in [1.29, 1.82) is 0 Å². The van der Waals surface area contributed by atoms with Gasteiger partial charge in [0, 0.05) is 14.7 Å². The van der Waals surface area contributed by atoms with E-state index < -0.39 is 29.8 Å². The lowest BCUT2D eigenvalue weighted by Gasteiger charge is -2.10. The van der Waals surface area contributed by atoms with Crippen molar-refractivity contribution >= 4 is 82.2 Å². The molecule has 0 aromatic heterocycles. The average Bonchev–Trinajstić information content (AvgIpc) is 2.70. The van der Waals surface area contributed by atoms with Crippen molar-refractivity contribution in [2.45, 2.75) is 14.7 Å². The molecule has 0 saturated heterocycles. The number of carbonyl (C=O) groups excluding carboxylic acids is 4. The van der Waals surface area contributed by atoms with Crippen LogP contribution in [0.25, 0.3) is 0 Å².